The minimum Gasteiger partial charge on any atom is -0.382 e. The smallest absolute Gasteiger partial charge is 0.0543 e. The third-order valence-corrected chi connectivity index (χ3v) is 3.93. The van der Waals surface area contributed by atoms with Crippen molar-refractivity contribution >= 4 is 15.9 Å². The molecule has 1 rings (SSSR count). The lowest BCUT2D eigenvalue weighted by molar-refractivity contribution is 0.106. The van der Waals surface area contributed by atoms with Crippen LogP contribution in [0.4, 0.5) is 0 Å². The average molecular weight is 300 g/mol. The zero-order valence-corrected chi connectivity index (χ0v) is 12.5. The topological polar surface area (TPSA) is 21.3 Å². The van der Waals surface area contributed by atoms with Crippen molar-refractivity contribution in [3.8, 4) is 0 Å². The van der Waals surface area contributed by atoms with Crippen LogP contribution in [0.25, 0.3) is 0 Å². The number of hydrogen-bond acceptors (Lipinski definition) is 2. The normalized spacial score (nSPS) is 14.6. The fourth-order valence-corrected chi connectivity index (χ4v) is 2.28. The molecule has 0 radical (unpaired) electrons. The van der Waals surface area contributed by atoms with E-state index in [1.807, 2.05) is 7.05 Å². The van der Waals surface area contributed by atoms with Crippen LogP contribution in [0.3, 0.4) is 0 Å². The van der Waals surface area contributed by atoms with Gasteiger partial charge in [0.05, 0.1) is 6.10 Å². The van der Waals surface area contributed by atoms with E-state index in [-0.39, 0.29) is 0 Å². The van der Waals surface area contributed by atoms with Crippen LogP contribution in [0, 0.1) is 0 Å². The van der Waals surface area contributed by atoms with Gasteiger partial charge < -0.3 is 10.1 Å². The molecule has 3 heteroatoms. The minimum absolute atomic E-state index is 0.338. The number of benzene rings is 1. The van der Waals surface area contributed by atoms with Gasteiger partial charge >= 0.3 is 0 Å². The second-order valence-corrected chi connectivity index (χ2v) is 5.26. The summed E-state index contributed by atoms with van der Waals surface area (Å²) in [5.41, 5.74) is 1.36. The predicted octanol–water partition coefficient (Wildman–Crippen LogP) is 3.39. The lowest BCUT2D eigenvalue weighted by Crippen LogP contribution is -2.28. The zero-order chi connectivity index (χ0) is 12.7. The Morgan fingerprint density at radius 3 is 2.59 bits per heavy atom. The summed E-state index contributed by atoms with van der Waals surface area (Å²) in [4.78, 5) is 0. The number of nitrogens with one attached hydrogen (secondary N) is 1. The number of hydrogen-bond donors (Lipinski definition) is 1. The first-order valence-electron chi connectivity index (χ1n) is 6.10. The van der Waals surface area contributed by atoms with Gasteiger partial charge in [0.2, 0.25) is 0 Å². The van der Waals surface area contributed by atoms with Gasteiger partial charge in [-0.1, -0.05) is 34.1 Å². The Labute approximate surface area is 113 Å². The minimum atomic E-state index is 0.338. The highest BCUT2D eigenvalue weighted by Gasteiger charge is 2.11. The molecule has 2 unspecified atom stereocenters. The molecule has 1 N–H and O–H groups in total. The number of halogens is 1. The molecule has 96 valence electrons. The lowest BCUT2D eigenvalue weighted by Gasteiger charge is -2.19. The molecule has 0 heterocycles. The van der Waals surface area contributed by atoms with Crippen molar-refractivity contribution < 1.29 is 4.74 Å². The summed E-state index contributed by atoms with van der Waals surface area (Å²) in [5.74, 6) is 0. The van der Waals surface area contributed by atoms with Gasteiger partial charge in [0.1, 0.15) is 0 Å². The van der Waals surface area contributed by atoms with Crippen LogP contribution < -0.4 is 5.32 Å². The fourth-order valence-electron chi connectivity index (χ4n) is 1.83. The van der Waals surface area contributed by atoms with Crippen molar-refractivity contribution in [1.82, 2.24) is 5.32 Å². The summed E-state index contributed by atoms with van der Waals surface area (Å²) in [5, 5.41) is 3.38. The Morgan fingerprint density at radius 1 is 1.29 bits per heavy atom. The van der Waals surface area contributed by atoms with E-state index >= 15 is 0 Å². The van der Waals surface area contributed by atoms with Gasteiger partial charge in [-0.15, -0.1) is 0 Å². The second-order valence-electron chi connectivity index (χ2n) is 4.40. The molecule has 2 nitrogen and oxygen atoms in total. The van der Waals surface area contributed by atoms with E-state index in [1.54, 1.807) is 7.11 Å². The van der Waals surface area contributed by atoms with Gasteiger partial charge in [-0.25, -0.2) is 0 Å². The van der Waals surface area contributed by atoms with E-state index in [1.165, 1.54) is 10.0 Å². The Bertz CT molecular complexity index is 330. The molecule has 0 aliphatic rings. The van der Waals surface area contributed by atoms with Gasteiger partial charge in [-0.2, -0.15) is 0 Å². The Balaban J connectivity index is 2.49. The van der Waals surface area contributed by atoms with Crippen molar-refractivity contribution in [2.24, 2.45) is 0 Å². The standard InChI is InChI=1S/C14H22BrNO/c1-11(17-3)8-9-13(16-2)10-12-6-4-5-7-14(12)15/h4-7,11,13,16H,8-10H2,1-3H3. The van der Waals surface area contributed by atoms with Gasteiger partial charge in [-0.05, 0) is 44.9 Å². The fraction of sp³-hybridized carbons (Fsp3) is 0.571. The lowest BCUT2D eigenvalue weighted by atomic mass is 10.0. The molecule has 1 aromatic rings. The molecule has 0 fully saturated rings. The molecule has 0 spiro atoms. The maximum absolute atomic E-state index is 5.28. The first-order chi connectivity index (χ1) is 8.17. The summed E-state index contributed by atoms with van der Waals surface area (Å²) in [6.45, 7) is 2.12. The van der Waals surface area contributed by atoms with Crippen molar-refractivity contribution in [2.45, 2.75) is 38.3 Å². The molecule has 0 bridgehead atoms. The highest BCUT2D eigenvalue weighted by atomic mass is 79.9. The first kappa shape index (κ1) is 14.7. The molecule has 0 saturated heterocycles. The monoisotopic (exact) mass is 299 g/mol. The van der Waals surface area contributed by atoms with Crippen LogP contribution in [0.2, 0.25) is 0 Å². The van der Waals surface area contributed by atoms with Crippen LogP contribution in [0.1, 0.15) is 25.3 Å². The van der Waals surface area contributed by atoms with Gasteiger partial charge in [0, 0.05) is 17.6 Å². The van der Waals surface area contributed by atoms with E-state index < -0.39 is 0 Å². The molecule has 0 aliphatic carbocycles. The van der Waals surface area contributed by atoms with Gasteiger partial charge in [-0.3, -0.25) is 0 Å². The Kier molecular flexibility index (Phi) is 6.78. The largest absolute Gasteiger partial charge is 0.382 e. The highest BCUT2D eigenvalue weighted by molar-refractivity contribution is 9.10. The number of likely N-dealkylation sites (N-methyl/N-ethyl adjacent to an activating group) is 1. The maximum Gasteiger partial charge on any atom is 0.0543 e. The van der Waals surface area contributed by atoms with Crippen molar-refractivity contribution in [1.29, 1.82) is 0 Å². The van der Waals surface area contributed by atoms with Crippen LogP contribution in [0.15, 0.2) is 28.7 Å². The number of ether oxygens (including phenoxy) is 1. The summed E-state index contributed by atoms with van der Waals surface area (Å²) in [6, 6.07) is 8.92. The quantitative estimate of drug-likeness (QED) is 0.833. The average Bonchev–Trinajstić information content (AvgIpc) is 2.36. The van der Waals surface area contributed by atoms with Crippen LogP contribution in [-0.2, 0) is 11.2 Å². The zero-order valence-electron chi connectivity index (χ0n) is 10.9. The van der Waals surface area contributed by atoms with Gasteiger partial charge in [0.15, 0.2) is 0 Å². The predicted molar refractivity (Wildman–Crippen MR) is 76.4 cm³/mol. The van der Waals surface area contributed by atoms with Crippen molar-refractivity contribution in [2.75, 3.05) is 14.2 Å². The SMILES string of the molecule is CNC(CCC(C)OC)Cc1ccccc1Br. The van der Waals surface area contributed by atoms with E-state index in [9.17, 15) is 0 Å². The van der Waals surface area contributed by atoms with E-state index in [4.69, 9.17) is 4.74 Å². The molecule has 0 aliphatic heterocycles. The third-order valence-electron chi connectivity index (χ3n) is 3.16. The molecule has 1 aromatic carbocycles. The van der Waals surface area contributed by atoms with E-state index in [0.717, 1.165) is 19.3 Å². The van der Waals surface area contributed by atoms with Crippen LogP contribution in [0.5, 0.6) is 0 Å². The molecule has 0 amide bonds. The number of rotatable bonds is 7. The second kappa shape index (κ2) is 7.85. The summed E-state index contributed by atoms with van der Waals surface area (Å²) in [7, 11) is 3.80. The summed E-state index contributed by atoms with van der Waals surface area (Å²) < 4.78 is 6.48. The van der Waals surface area contributed by atoms with Crippen molar-refractivity contribution in [3.63, 3.8) is 0 Å². The summed E-state index contributed by atoms with van der Waals surface area (Å²) >= 11 is 3.60. The first-order valence-corrected chi connectivity index (χ1v) is 6.90. The van der Waals surface area contributed by atoms with Crippen molar-refractivity contribution in [3.05, 3.63) is 34.3 Å². The van der Waals surface area contributed by atoms with E-state index in [0.29, 0.717) is 12.1 Å². The Hall–Kier alpha value is -0.380. The van der Waals surface area contributed by atoms with Crippen LogP contribution >= 0.6 is 15.9 Å². The Morgan fingerprint density at radius 2 is 2.00 bits per heavy atom. The van der Waals surface area contributed by atoms with E-state index in [2.05, 4.69) is 52.4 Å². The molecule has 17 heavy (non-hydrogen) atoms. The molecular formula is C14H22BrNO. The van der Waals surface area contributed by atoms with Gasteiger partial charge in [0.25, 0.3) is 0 Å². The molecule has 2 atom stereocenters. The molecular weight excluding hydrogens is 278 g/mol. The number of methoxy groups -OCH3 is 1. The molecule has 0 aromatic heterocycles. The molecule has 0 saturated carbocycles. The third kappa shape index (κ3) is 5.19. The summed E-state index contributed by atoms with van der Waals surface area (Å²) in [6.07, 6.45) is 3.61. The highest BCUT2D eigenvalue weighted by Crippen LogP contribution is 2.19. The maximum atomic E-state index is 5.28. The van der Waals surface area contributed by atoms with Crippen LogP contribution in [-0.4, -0.2) is 26.3 Å².